The minimum Gasteiger partial charge on any atom is -0.496 e. The average molecular weight is 325 g/mol. The third kappa shape index (κ3) is 2.70. The lowest BCUT2D eigenvalue weighted by molar-refractivity contribution is 0.102. The summed E-state index contributed by atoms with van der Waals surface area (Å²) >= 11 is 3.34. The molecule has 100 valence electrons. The second kappa shape index (κ2) is 5.31. The van der Waals surface area contributed by atoms with E-state index in [2.05, 4.69) is 26.3 Å². The Morgan fingerprint density at radius 1 is 1.53 bits per heavy atom. The molecule has 0 atom stereocenters. The van der Waals surface area contributed by atoms with E-state index in [1.807, 2.05) is 0 Å². The zero-order chi connectivity index (χ0) is 14.0. The van der Waals surface area contributed by atoms with Crippen LogP contribution < -0.4 is 15.8 Å². The third-order valence-electron chi connectivity index (χ3n) is 2.61. The number of aromatic nitrogens is 2. The van der Waals surface area contributed by atoms with Crippen molar-refractivity contribution in [2.45, 2.75) is 0 Å². The molecule has 0 fully saturated rings. The van der Waals surface area contributed by atoms with Crippen LogP contribution in [-0.4, -0.2) is 22.8 Å². The van der Waals surface area contributed by atoms with Crippen LogP contribution in [-0.2, 0) is 7.05 Å². The van der Waals surface area contributed by atoms with Crippen molar-refractivity contribution in [2.75, 3.05) is 18.2 Å². The van der Waals surface area contributed by atoms with Gasteiger partial charge in [-0.15, -0.1) is 0 Å². The lowest BCUT2D eigenvalue weighted by atomic mass is 10.2. The fourth-order valence-electron chi connectivity index (χ4n) is 1.59. The molecule has 0 bridgehead atoms. The van der Waals surface area contributed by atoms with E-state index >= 15 is 0 Å². The maximum Gasteiger partial charge on any atom is 0.256 e. The minimum absolute atomic E-state index is 0.265. The number of carbonyl (C=O) groups excluding carboxylic acids is 1. The van der Waals surface area contributed by atoms with E-state index in [0.29, 0.717) is 27.3 Å². The van der Waals surface area contributed by atoms with E-state index in [1.165, 1.54) is 10.9 Å². The highest BCUT2D eigenvalue weighted by Crippen LogP contribution is 2.26. The van der Waals surface area contributed by atoms with Crippen LogP contribution in [0.25, 0.3) is 0 Å². The minimum atomic E-state index is -0.265. The molecule has 6 nitrogen and oxygen atoms in total. The van der Waals surface area contributed by atoms with Crippen molar-refractivity contribution in [2.24, 2.45) is 7.05 Å². The molecule has 0 spiro atoms. The Morgan fingerprint density at radius 3 is 2.79 bits per heavy atom. The van der Waals surface area contributed by atoms with Gasteiger partial charge in [0.2, 0.25) is 0 Å². The van der Waals surface area contributed by atoms with Crippen molar-refractivity contribution in [3.8, 4) is 5.75 Å². The number of carbonyl (C=O) groups is 1. The number of halogens is 1. The number of nitrogens with one attached hydrogen (secondary N) is 1. The number of aryl methyl sites for hydroxylation is 1. The van der Waals surface area contributed by atoms with Gasteiger partial charge in [0.25, 0.3) is 5.91 Å². The second-order valence-corrected chi connectivity index (χ2v) is 4.73. The van der Waals surface area contributed by atoms with Gasteiger partial charge in [-0.1, -0.05) is 0 Å². The van der Waals surface area contributed by atoms with E-state index in [0.717, 1.165) is 0 Å². The number of hydrogen-bond donors (Lipinski definition) is 2. The maximum atomic E-state index is 12.1. The Balaban J connectivity index is 2.23. The molecule has 1 heterocycles. The van der Waals surface area contributed by atoms with Crippen LogP contribution in [0.2, 0.25) is 0 Å². The van der Waals surface area contributed by atoms with Crippen LogP contribution in [0.1, 0.15) is 10.4 Å². The summed E-state index contributed by atoms with van der Waals surface area (Å²) in [5, 5.41) is 6.67. The number of amides is 1. The average Bonchev–Trinajstić information content (AvgIpc) is 2.70. The van der Waals surface area contributed by atoms with Crippen molar-refractivity contribution >= 4 is 33.3 Å². The van der Waals surface area contributed by atoms with Crippen LogP contribution in [0, 0.1) is 0 Å². The summed E-state index contributed by atoms with van der Waals surface area (Å²) < 4.78 is 7.33. The number of anilines is 2. The fraction of sp³-hybridized carbons (Fsp3) is 0.167. The first kappa shape index (κ1) is 13.4. The van der Waals surface area contributed by atoms with Gasteiger partial charge in [-0.25, -0.2) is 0 Å². The normalized spacial score (nSPS) is 10.3. The maximum absolute atomic E-state index is 12.1. The number of methoxy groups -OCH3 is 1. The topological polar surface area (TPSA) is 82.2 Å². The van der Waals surface area contributed by atoms with Crippen molar-refractivity contribution < 1.29 is 9.53 Å². The van der Waals surface area contributed by atoms with Gasteiger partial charge in [0.15, 0.2) is 5.82 Å². The Morgan fingerprint density at radius 2 is 2.26 bits per heavy atom. The lowest BCUT2D eigenvalue weighted by Crippen LogP contribution is -2.15. The van der Waals surface area contributed by atoms with E-state index in [4.69, 9.17) is 10.5 Å². The SMILES string of the molecule is COc1ccc(C(=O)Nc2c(N)cnn2C)cc1Br. The zero-order valence-corrected chi connectivity index (χ0v) is 12.1. The molecule has 2 aromatic rings. The highest BCUT2D eigenvalue weighted by molar-refractivity contribution is 9.10. The predicted octanol–water partition coefficient (Wildman–Crippen LogP) is 2.03. The molecule has 3 N–H and O–H groups in total. The molecule has 0 unspecified atom stereocenters. The molecular weight excluding hydrogens is 312 g/mol. The molecule has 19 heavy (non-hydrogen) atoms. The molecule has 1 aromatic carbocycles. The fourth-order valence-corrected chi connectivity index (χ4v) is 2.14. The van der Waals surface area contributed by atoms with Crippen molar-refractivity contribution in [3.63, 3.8) is 0 Å². The highest BCUT2D eigenvalue weighted by Gasteiger charge is 2.13. The number of ether oxygens (including phenoxy) is 1. The summed E-state index contributed by atoms with van der Waals surface area (Å²) in [4.78, 5) is 12.1. The van der Waals surface area contributed by atoms with Gasteiger partial charge in [-0.05, 0) is 34.1 Å². The number of nitrogen functional groups attached to an aromatic ring is 1. The van der Waals surface area contributed by atoms with E-state index in [-0.39, 0.29) is 5.91 Å². The monoisotopic (exact) mass is 324 g/mol. The van der Waals surface area contributed by atoms with Crippen LogP contribution in [0.5, 0.6) is 5.75 Å². The standard InChI is InChI=1S/C12H13BrN4O2/c1-17-11(9(14)6-15-17)16-12(18)7-3-4-10(19-2)8(13)5-7/h3-6H,14H2,1-2H3,(H,16,18). The Labute approximate surface area is 118 Å². The smallest absolute Gasteiger partial charge is 0.256 e. The van der Waals surface area contributed by atoms with Crippen molar-refractivity contribution in [1.29, 1.82) is 0 Å². The summed E-state index contributed by atoms with van der Waals surface area (Å²) in [5.74, 6) is 0.868. The van der Waals surface area contributed by atoms with E-state index in [1.54, 1.807) is 32.4 Å². The van der Waals surface area contributed by atoms with Gasteiger partial charge in [0.1, 0.15) is 5.75 Å². The van der Waals surface area contributed by atoms with Crippen LogP contribution in [0.15, 0.2) is 28.9 Å². The van der Waals surface area contributed by atoms with Gasteiger partial charge >= 0.3 is 0 Å². The molecule has 7 heteroatoms. The lowest BCUT2D eigenvalue weighted by Gasteiger charge is -2.08. The van der Waals surface area contributed by atoms with Crippen molar-refractivity contribution in [1.82, 2.24) is 9.78 Å². The molecule has 0 saturated carbocycles. The van der Waals surface area contributed by atoms with Crippen LogP contribution in [0.3, 0.4) is 0 Å². The molecule has 1 aromatic heterocycles. The first-order chi connectivity index (χ1) is 9.02. The van der Waals surface area contributed by atoms with Gasteiger partial charge in [0.05, 0.1) is 23.5 Å². The number of rotatable bonds is 3. The van der Waals surface area contributed by atoms with Crippen molar-refractivity contribution in [3.05, 3.63) is 34.4 Å². The van der Waals surface area contributed by atoms with Crippen LogP contribution in [0.4, 0.5) is 11.5 Å². The van der Waals surface area contributed by atoms with Gasteiger partial charge in [0, 0.05) is 12.6 Å². The summed E-state index contributed by atoms with van der Waals surface area (Å²) in [6.07, 6.45) is 1.49. The summed E-state index contributed by atoms with van der Waals surface area (Å²) in [5.41, 5.74) is 6.63. The van der Waals surface area contributed by atoms with Gasteiger partial charge < -0.3 is 15.8 Å². The Bertz CT molecular complexity index is 605. The van der Waals surface area contributed by atoms with Crippen LogP contribution >= 0.6 is 15.9 Å². The van der Waals surface area contributed by atoms with Gasteiger partial charge in [-0.2, -0.15) is 5.10 Å². The molecule has 2 rings (SSSR count). The number of nitrogens with two attached hydrogens (primary N) is 1. The summed E-state index contributed by atoms with van der Waals surface area (Å²) in [7, 11) is 3.27. The van der Waals surface area contributed by atoms with E-state index < -0.39 is 0 Å². The summed E-state index contributed by atoms with van der Waals surface area (Å²) in [6, 6.07) is 5.07. The molecule has 1 amide bonds. The second-order valence-electron chi connectivity index (χ2n) is 3.88. The molecule has 0 saturated heterocycles. The third-order valence-corrected chi connectivity index (χ3v) is 3.23. The first-order valence-corrected chi connectivity index (χ1v) is 6.24. The van der Waals surface area contributed by atoms with E-state index in [9.17, 15) is 4.79 Å². The largest absolute Gasteiger partial charge is 0.496 e. The number of hydrogen-bond acceptors (Lipinski definition) is 4. The zero-order valence-electron chi connectivity index (χ0n) is 10.5. The molecule has 0 aliphatic rings. The molecule has 0 aliphatic carbocycles. The first-order valence-electron chi connectivity index (χ1n) is 5.45. The molecule has 0 radical (unpaired) electrons. The summed E-state index contributed by atoms with van der Waals surface area (Å²) in [6.45, 7) is 0. The molecular formula is C12H13BrN4O2. The molecule has 0 aliphatic heterocycles. The van der Waals surface area contributed by atoms with Gasteiger partial charge in [-0.3, -0.25) is 9.48 Å². The number of benzene rings is 1. The Hall–Kier alpha value is -2.02. The quantitative estimate of drug-likeness (QED) is 0.905. The number of nitrogens with zero attached hydrogens (tertiary/aromatic N) is 2. The highest BCUT2D eigenvalue weighted by atomic mass is 79.9. The Kier molecular flexibility index (Phi) is 3.75. The predicted molar refractivity (Wildman–Crippen MR) is 76.3 cm³/mol.